The molecule has 0 bridgehead atoms. The zero-order valence-electron chi connectivity index (χ0n) is 14.3. The molecule has 1 N–H and O–H groups in total. The van der Waals surface area contributed by atoms with Crippen molar-refractivity contribution in [1.82, 2.24) is 5.32 Å². The van der Waals surface area contributed by atoms with Crippen molar-refractivity contribution in [3.8, 4) is 0 Å². The van der Waals surface area contributed by atoms with Crippen LogP contribution in [0.3, 0.4) is 0 Å². The van der Waals surface area contributed by atoms with Crippen molar-refractivity contribution in [2.24, 2.45) is 5.92 Å². The van der Waals surface area contributed by atoms with Gasteiger partial charge < -0.3 is 5.32 Å². The second-order valence-corrected chi connectivity index (χ2v) is 7.10. The van der Waals surface area contributed by atoms with Crippen LogP contribution in [0, 0.1) is 5.92 Å². The van der Waals surface area contributed by atoms with Gasteiger partial charge >= 0.3 is 0 Å². The fraction of sp³-hybridized carbons (Fsp3) is 1.00. The predicted octanol–water partition coefficient (Wildman–Crippen LogP) is 6.08. The molecule has 0 spiro atoms. The fourth-order valence-corrected chi connectivity index (χ4v) is 3.53. The molecule has 120 valence electrons. The summed E-state index contributed by atoms with van der Waals surface area (Å²) < 4.78 is 0. The highest BCUT2D eigenvalue weighted by Gasteiger charge is 2.15. The molecule has 1 aliphatic rings. The van der Waals surface area contributed by atoms with Crippen molar-refractivity contribution in [3.05, 3.63) is 0 Å². The lowest BCUT2D eigenvalue weighted by Gasteiger charge is -2.26. The SMILES string of the molecule is CCCCCCCCCCCC(C)CC1CCCCN1. The second-order valence-electron chi connectivity index (χ2n) is 7.10. The second kappa shape index (κ2) is 12.7. The van der Waals surface area contributed by atoms with Gasteiger partial charge in [-0.1, -0.05) is 84.5 Å². The molecule has 2 atom stereocenters. The summed E-state index contributed by atoms with van der Waals surface area (Å²) in [6.45, 7) is 6.01. The van der Waals surface area contributed by atoms with Gasteiger partial charge in [0, 0.05) is 6.04 Å². The number of nitrogens with one attached hydrogen (secondary N) is 1. The first-order chi connectivity index (χ1) is 9.83. The molecule has 0 saturated carbocycles. The highest BCUT2D eigenvalue weighted by atomic mass is 14.9. The minimum Gasteiger partial charge on any atom is -0.314 e. The Morgan fingerprint density at radius 2 is 1.55 bits per heavy atom. The van der Waals surface area contributed by atoms with Crippen molar-refractivity contribution in [1.29, 1.82) is 0 Å². The Hall–Kier alpha value is -0.0400. The lowest BCUT2D eigenvalue weighted by molar-refractivity contribution is 0.323. The van der Waals surface area contributed by atoms with Crippen LogP contribution in [0.1, 0.15) is 104 Å². The number of hydrogen-bond acceptors (Lipinski definition) is 1. The Morgan fingerprint density at radius 1 is 0.900 bits per heavy atom. The van der Waals surface area contributed by atoms with E-state index in [2.05, 4.69) is 19.2 Å². The van der Waals surface area contributed by atoms with E-state index in [1.165, 1.54) is 96.4 Å². The van der Waals surface area contributed by atoms with E-state index in [0.29, 0.717) is 0 Å². The largest absolute Gasteiger partial charge is 0.314 e. The molecule has 1 heteroatoms. The Bertz CT molecular complexity index is 196. The van der Waals surface area contributed by atoms with E-state index in [0.717, 1.165) is 12.0 Å². The molecule has 0 aromatic rings. The predicted molar refractivity (Wildman–Crippen MR) is 91.3 cm³/mol. The first-order valence-corrected chi connectivity index (χ1v) is 9.56. The summed E-state index contributed by atoms with van der Waals surface area (Å²) >= 11 is 0. The monoisotopic (exact) mass is 281 g/mol. The van der Waals surface area contributed by atoms with E-state index in [-0.39, 0.29) is 0 Å². The number of hydrogen-bond donors (Lipinski definition) is 1. The molecular weight excluding hydrogens is 242 g/mol. The smallest absolute Gasteiger partial charge is 0.00696 e. The van der Waals surface area contributed by atoms with Crippen LogP contribution in [0.5, 0.6) is 0 Å². The average Bonchev–Trinajstić information content (AvgIpc) is 2.46. The molecule has 1 fully saturated rings. The summed E-state index contributed by atoms with van der Waals surface area (Å²) in [6, 6.07) is 0.831. The van der Waals surface area contributed by atoms with E-state index in [9.17, 15) is 0 Å². The minimum absolute atomic E-state index is 0.831. The molecule has 1 rings (SSSR count). The number of unbranched alkanes of at least 4 members (excludes halogenated alkanes) is 8. The molecule has 2 unspecified atom stereocenters. The van der Waals surface area contributed by atoms with Gasteiger partial charge in [0.1, 0.15) is 0 Å². The third-order valence-electron chi connectivity index (χ3n) is 4.90. The maximum Gasteiger partial charge on any atom is 0.00696 e. The zero-order valence-corrected chi connectivity index (χ0v) is 14.3. The quantitative estimate of drug-likeness (QED) is 0.428. The molecule has 1 aliphatic heterocycles. The fourth-order valence-electron chi connectivity index (χ4n) is 3.53. The topological polar surface area (TPSA) is 12.0 Å². The van der Waals surface area contributed by atoms with Crippen LogP contribution in [-0.4, -0.2) is 12.6 Å². The van der Waals surface area contributed by atoms with Crippen LogP contribution in [0.25, 0.3) is 0 Å². The van der Waals surface area contributed by atoms with Crippen molar-refractivity contribution in [2.75, 3.05) is 6.54 Å². The molecule has 0 aromatic heterocycles. The Balaban J connectivity index is 1.83. The Morgan fingerprint density at radius 3 is 2.15 bits per heavy atom. The highest BCUT2D eigenvalue weighted by Crippen LogP contribution is 2.20. The van der Waals surface area contributed by atoms with E-state index in [4.69, 9.17) is 0 Å². The van der Waals surface area contributed by atoms with Gasteiger partial charge in [0.25, 0.3) is 0 Å². The van der Waals surface area contributed by atoms with Gasteiger partial charge in [-0.25, -0.2) is 0 Å². The summed E-state index contributed by atoms with van der Waals surface area (Å²) in [7, 11) is 0. The minimum atomic E-state index is 0.831. The van der Waals surface area contributed by atoms with E-state index >= 15 is 0 Å². The van der Waals surface area contributed by atoms with Gasteiger partial charge in [-0.15, -0.1) is 0 Å². The lowest BCUT2D eigenvalue weighted by atomic mass is 9.91. The standard InChI is InChI=1S/C19H39N/c1-3-4-5-6-7-8-9-10-11-14-18(2)17-19-15-12-13-16-20-19/h18-20H,3-17H2,1-2H3. The van der Waals surface area contributed by atoms with Crippen molar-refractivity contribution in [2.45, 2.75) is 110 Å². The molecule has 20 heavy (non-hydrogen) atoms. The summed E-state index contributed by atoms with van der Waals surface area (Å²) in [5.41, 5.74) is 0. The first-order valence-electron chi connectivity index (χ1n) is 9.56. The van der Waals surface area contributed by atoms with Crippen LogP contribution in [-0.2, 0) is 0 Å². The Labute approximate surface area is 128 Å². The molecule has 0 radical (unpaired) electrons. The Kier molecular flexibility index (Phi) is 11.4. The first kappa shape index (κ1) is 18.0. The molecular formula is C19H39N. The van der Waals surface area contributed by atoms with Crippen LogP contribution in [0.4, 0.5) is 0 Å². The van der Waals surface area contributed by atoms with Gasteiger partial charge in [0.2, 0.25) is 0 Å². The average molecular weight is 282 g/mol. The van der Waals surface area contributed by atoms with Crippen LogP contribution in [0.15, 0.2) is 0 Å². The normalized spacial score (nSPS) is 21.0. The molecule has 1 nitrogen and oxygen atoms in total. The molecule has 1 heterocycles. The van der Waals surface area contributed by atoms with E-state index < -0.39 is 0 Å². The number of rotatable bonds is 12. The summed E-state index contributed by atoms with van der Waals surface area (Å²) in [6.07, 6.45) is 20.2. The summed E-state index contributed by atoms with van der Waals surface area (Å²) in [5, 5.41) is 3.69. The molecule has 1 saturated heterocycles. The van der Waals surface area contributed by atoms with Gasteiger partial charge in [-0.2, -0.15) is 0 Å². The van der Waals surface area contributed by atoms with Crippen molar-refractivity contribution in [3.63, 3.8) is 0 Å². The van der Waals surface area contributed by atoms with Gasteiger partial charge in [-0.3, -0.25) is 0 Å². The lowest BCUT2D eigenvalue weighted by Crippen LogP contribution is -2.35. The van der Waals surface area contributed by atoms with Crippen LogP contribution >= 0.6 is 0 Å². The van der Waals surface area contributed by atoms with Gasteiger partial charge in [-0.05, 0) is 31.7 Å². The van der Waals surface area contributed by atoms with Crippen LogP contribution in [0.2, 0.25) is 0 Å². The van der Waals surface area contributed by atoms with Gasteiger partial charge in [0.15, 0.2) is 0 Å². The highest BCUT2D eigenvalue weighted by molar-refractivity contribution is 4.74. The maximum absolute atomic E-state index is 3.69. The maximum atomic E-state index is 3.69. The van der Waals surface area contributed by atoms with Crippen molar-refractivity contribution >= 4 is 0 Å². The number of piperidine rings is 1. The van der Waals surface area contributed by atoms with Crippen molar-refractivity contribution < 1.29 is 0 Å². The third-order valence-corrected chi connectivity index (χ3v) is 4.90. The molecule has 0 aromatic carbocycles. The third kappa shape index (κ3) is 9.80. The van der Waals surface area contributed by atoms with E-state index in [1.807, 2.05) is 0 Å². The van der Waals surface area contributed by atoms with Gasteiger partial charge in [0.05, 0.1) is 0 Å². The zero-order chi connectivity index (χ0) is 14.5. The summed E-state index contributed by atoms with van der Waals surface area (Å²) in [4.78, 5) is 0. The summed E-state index contributed by atoms with van der Waals surface area (Å²) in [5.74, 6) is 0.926. The molecule has 0 aliphatic carbocycles. The van der Waals surface area contributed by atoms with Crippen LogP contribution < -0.4 is 5.32 Å². The van der Waals surface area contributed by atoms with E-state index in [1.54, 1.807) is 0 Å². The molecule has 0 amide bonds.